The molecule has 1 aliphatic rings. The maximum atomic E-state index is 2.31. The summed E-state index contributed by atoms with van der Waals surface area (Å²) >= 11 is 0. The van der Waals surface area contributed by atoms with Crippen molar-refractivity contribution in [2.45, 2.75) is 33.6 Å². The van der Waals surface area contributed by atoms with Gasteiger partial charge in [0.05, 0.1) is 0 Å². The van der Waals surface area contributed by atoms with E-state index in [1.54, 1.807) is 0 Å². The minimum atomic E-state index is 0. The van der Waals surface area contributed by atoms with Gasteiger partial charge in [-0.15, -0.1) is 0 Å². The van der Waals surface area contributed by atoms with Gasteiger partial charge in [-0.2, -0.15) is 0 Å². The zero-order chi connectivity index (χ0) is 7.61. The molecule has 11 heavy (non-hydrogen) atoms. The first-order valence-corrected chi connectivity index (χ1v) is 3.93. The fourth-order valence-corrected chi connectivity index (χ4v) is 1.25. The Hall–Kier alpha value is 0.350. The largest absolute Gasteiger partial charge is 0.0805 e. The number of hydrogen-bond acceptors (Lipinski definition) is 0. The summed E-state index contributed by atoms with van der Waals surface area (Å²) in [4.78, 5) is 0. The van der Waals surface area contributed by atoms with Gasteiger partial charge in [0, 0.05) is 25.8 Å². The second-order valence-electron chi connectivity index (χ2n) is 4.15. The van der Waals surface area contributed by atoms with E-state index >= 15 is 0 Å². The Balaban J connectivity index is 0.000001000. The maximum absolute atomic E-state index is 2.31. The molecule has 1 aliphatic carbocycles. The van der Waals surface area contributed by atoms with E-state index < -0.39 is 0 Å². The third kappa shape index (κ3) is 4.73. The maximum Gasteiger partial charge on any atom is 0 e. The first-order chi connectivity index (χ1) is 4.58. The van der Waals surface area contributed by atoms with Crippen LogP contribution in [-0.4, -0.2) is 0 Å². The molecular formula is C10H16Hf. The topological polar surface area (TPSA) is 0 Å². The molecular weight excluding hydrogens is 299 g/mol. The molecule has 1 rings (SSSR count). The quantitative estimate of drug-likeness (QED) is 0.651. The van der Waals surface area contributed by atoms with Gasteiger partial charge in [-0.1, -0.05) is 44.6 Å². The monoisotopic (exact) mass is 316 g/mol. The van der Waals surface area contributed by atoms with E-state index in [-0.39, 0.29) is 25.8 Å². The molecule has 0 spiro atoms. The summed E-state index contributed by atoms with van der Waals surface area (Å²) in [6.45, 7) is 6.83. The summed E-state index contributed by atoms with van der Waals surface area (Å²) < 4.78 is 0. The van der Waals surface area contributed by atoms with E-state index in [1.165, 1.54) is 12.0 Å². The van der Waals surface area contributed by atoms with Crippen LogP contribution in [0.4, 0.5) is 0 Å². The van der Waals surface area contributed by atoms with Crippen molar-refractivity contribution >= 4 is 0 Å². The van der Waals surface area contributed by atoms with Crippen LogP contribution in [0.3, 0.4) is 0 Å². The van der Waals surface area contributed by atoms with Gasteiger partial charge in [0.2, 0.25) is 0 Å². The predicted octanol–water partition coefficient (Wildman–Crippen LogP) is 3.31. The summed E-state index contributed by atoms with van der Waals surface area (Å²) in [6.07, 6.45) is 9.13. The van der Waals surface area contributed by atoms with Crippen molar-refractivity contribution < 1.29 is 25.8 Å². The normalized spacial score (nSPS) is 16.1. The summed E-state index contributed by atoms with van der Waals surface area (Å²) in [5, 5.41) is 0. The van der Waals surface area contributed by atoms with Gasteiger partial charge < -0.3 is 0 Å². The van der Waals surface area contributed by atoms with Crippen LogP contribution in [0.25, 0.3) is 0 Å². The summed E-state index contributed by atoms with van der Waals surface area (Å²) in [5.41, 5.74) is 1.95. The second-order valence-corrected chi connectivity index (χ2v) is 4.15. The van der Waals surface area contributed by atoms with E-state index in [9.17, 15) is 0 Å². The molecule has 0 amide bonds. The van der Waals surface area contributed by atoms with Crippen LogP contribution in [0.2, 0.25) is 0 Å². The molecule has 0 fully saturated rings. The molecule has 0 aromatic heterocycles. The molecule has 0 aromatic rings. The molecule has 0 radical (unpaired) electrons. The van der Waals surface area contributed by atoms with Gasteiger partial charge >= 0.3 is 0 Å². The predicted molar refractivity (Wildman–Crippen MR) is 45.9 cm³/mol. The fourth-order valence-electron chi connectivity index (χ4n) is 1.25. The van der Waals surface area contributed by atoms with E-state index in [2.05, 4.69) is 39.0 Å². The van der Waals surface area contributed by atoms with Crippen LogP contribution < -0.4 is 0 Å². The first kappa shape index (κ1) is 11.4. The van der Waals surface area contributed by atoms with Gasteiger partial charge in [0.1, 0.15) is 0 Å². The molecule has 0 nitrogen and oxygen atoms in total. The Kier molecular flexibility index (Phi) is 4.53. The molecule has 60 valence electrons. The van der Waals surface area contributed by atoms with Crippen LogP contribution in [0.15, 0.2) is 23.8 Å². The van der Waals surface area contributed by atoms with Crippen molar-refractivity contribution in [3.05, 3.63) is 23.8 Å². The van der Waals surface area contributed by atoms with Crippen molar-refractivity contribution in [1.82, 2.24) is 0 Å². The van der Waals surface area contributed by atoms with Gasteiger partial charge in [0.15, 0.2) is 0 Å². The summed E-state index contributed by atoms with van der Waals surface area (Å²) in [7, 11) is 0. The van der Waals surface area contributed by atoms with Crippen molar-refractivity contribution in [2.24, 2.45) is 5.41 Å². The SMILES string of the molecule is CC(C)(C)CC1=CCC=C1.[Hf]. The average Bonchev–Trinajstić information content (AvgIpc) is 2.12. The molecule has 1 heteroatoms. The van der Waals surface area contributed by atoms with Crippen molar-refractivity contribution in [3.8, 4) is 0 Å². The van der Waals surface area contributed by atoms with E-state index in [0.29, 0.717) is 5.41 Å². The minimum absolute atomic E-state index is 0. The molecule has 0 bridgehead atoms. The molecule has 0 saturated heterocycles. The Morgan fingerprint density at radius 1 is 1.36 bits per heavy atom. The summed E-state index contributed by atoms with van der Waals surface area (Å²) in [5.74, 6) is 0. The van der Waals surface area contributed by atoms with E-state index in [1.807, 2.05) is 0 Å². The second kappa shape index (κ2) is 4.39. The zero-order valence-electron chi connectivity index (χ0n) is 7.65. The van der Waals surface area contributed by atoms with Crippen LogP contribution >= 0.6 is 0 Å². The number of hydrogen-bond donors (Lipinski definition) is 0. The fraction of sp³-hybridized carbons (Fsp3) is 0.600. The van der Waals surface area contributed by atoms with Gasteiger partial charge in [-0.25, -0.2) is 0 Å². The first-order valence-electron chi connectivity index (χ1n) is 3.93. The van der Waals surface area contributed by atoms with Crippen LogP contribution in [0.5, 0.6) is 0 Å². The standard InChI is InChI=1S/C10H16.Hf/c1-10(2,3)8-9-6-4-5-7-9;/h4,6-7H,5,8H2,1-3H3;. The van der Waals surface area contributed by atoms with Crippen molar-refractivity contribution in [1.29, 1.82) is 0 Å². The molecule has 0 saturated carbocycles. The van der Waals surface area contributed by atoms with E-state index in [4.69, 9.17) is 0 Å². The third-order valence-electron chi connectivity index (χ3n) is 1.58. The zero-order valence-corrected chi connectivity index (χ0v) is 11.2. The Bertz CT molecular complexity index is 170. The third-order valence-corrected chi connectivity index (χ3v) is 1.58. The van der Waals surface area contributed by atoms with Gasteiger partial charge in [-0.3, -0.25) is 0 Å². The van der Waals surface area contributed by atoms with Crippen LogP contribution in [-0.2, 0) is 25.8 Å². The molecule has 0 aromatic carbocycles. The molecule has 0 aliphatic heterocycles. The van der Waals surface area contributed by atoms with Crippen LogP contribution in [0, 0.1) is 5.41 Å². The van der Waals surface area contributed by atoms with Gasteiger partial charge in [0.25, 0.3) is 0 Å². The molecule has 0 atom stereocenters. The minimum Gasteiger partial charge on any atom is -0.0805 e. The van der Waals surface area contributed by atoms with Crippen molar-refractivity contribution in [3.63, 3.8) is 0 Å². The van der Waals surface area contributed by atoms with E-state index in [0.717, 1.165) is 6.42 Å². The summed E-state index contributed by atoms with van der Waals surface area (Å²) in [6, 6.07) is 0. The number of allylic oxidation sites excluding steroid dienone is 4. The van der Waals surface area contributed by atoms with Gasteiger partial charge in [-0.05, 0) is 18.3 Å². The number of rotatable bonds is 1. The Morgan fingerprint density at radius 3 is 2.36 bits per heavy atom. The van der Waals surface area contributed by atoms with Crippen LogP contribution in [0.1, 0.15) is 33.6 Å². The Labute approximate surface area is 88.5 Å². The smallest absolute Gasteiger partial charge is 0 e. The van der Waals surface area contributed by atoms with Crippen molar-refractivity contribution in [2.75, 3.05) is 0 Å². The average molecular weight is 315 g/mol. The molecule has 0 heterocycles. The molecule has 0 unspecified atom stereocenters. The molecule has 0 N–H and O–H groups in total. The Morgan fingerprint density at radius 2 is 2.00 bits per heavy atom.